The van der Waals surface area contributed by atoms with Crippen LogP contribution in [0.1, 0.15) is 82.6 Å². The Kier molecular flexibility index (Phi) is 7.27. The van der Waals surface area contributed by atoms with Gasteiger partial charge in [0.05, 0.1) is 24.0 Å². The molecule has 0 amide bonds. The first-order valence-electron chi connectivity index (χ1n) is 12.2. The van der Waals surface area contributed by atoms with E-state index in [2.05, 4.69) is 39.8 Å². The van der Waals surface area contributed by atoms with E-state index in [1.165, 1.54) is 11.1 Å². The molecule has 2 N–H and O–H groups in total. The van der Waals surface area contributed by atoms with E-state index in [4.69, 9.17) is 9.47 Å². The molecule has 2 saturated carbocycles. The molecule has 4 aliphatic rings. The molecule has 2 heterocycles. The van der Waals surface area contributed by atoms with Gasteiger partial charge in [0.15, 0.2) is 0 Å². The van der Waals surface area contributed by atoms with Crippen LogP contribution >= 0.6 is 0 Å². The van der Waals surface area contributed by atoms with Crippen LogP contribution in [0.3, 0.4) is 0 Å². The molecule has 0 bridgehead atoms. The van der Waals surface area contributed by atoms with E-state index in [1.807, 2.05) is 24.3 Å². The van der Waals surface area contributed by atoms with Crippen LogP contribution < -0.4 is 28.3 Å². The first-order valence-corrected chi connectivity index (χ1v) is 12.2. The van der Waals surface area contributed by atoms with Crippen molar-refractivity contribution in [3.05, 3.63) is 58.7 Å². The van der Waals surface area contributed by atoms with Gasteiger partial charge in [-0.1, -0.05) is 52.0 Å². The third kappa shape index (κ3) is 4.49. The van der Waals surface area contributed by atoms with E-state index in [-0.39, 0.29) is 40.6 Å². The summed E-state index contributed by atoms with van der Waals surface area (Å²) in [6.07, 6.45) is 3.51. The van der Waals surface area contributed by atoms with Crippen LogP contribution in [0.25, 0.3) is 0 Å². The molecule has 2 aromatic rings. The number of benzene rings is 2. The summed E-state index contributed by atoms with van der Waals surface area (Å²) in [5, 5.41) is 9.30. The minimum absolute atomic E-state index is 0. The molecule has 0 radical (unpaired) electrons. The number of ether oxygens (including phenoxy) is 2. The molecular formula is C29H35LiO6. The number of carboxylic acid groups (broad SMARTS) is 1. The van der Waals surface area contributed by atoms with Gasteiger partial charge in [-0.3, -0.25) is 9.59 Å². The number of aliphatic carboxylic acids is 1. The van der Waals surface area contributed by atoms with E-state index in [1.54, 1.807) is 6.92 Å². The minimum atomic E-state index is -0.700. The van der Waals surface area contributed by atoms with Crippen LogP contribution in [0.2, 0.25) is 0 Å². The van der Waals surface area contributed by atoms with Crippen molar-refractivity contribution in [2.45, 2.75) is 82.0 Å². The molecular weight excluding hydrogens is 451 g/mol. The first-order chi connectivity index (χ1) is 15.9. The Morgan fingerprint density at radius 3 is 1.47 bits per heavy atom. The van der Waals surface area contributed by atoms with Crippen molar-refractivity contribution in [3.63, 3.8) is 0 Å². The van der Waals surface area contributed by atoms with Crippen molar-refractivity contribution in [2.75, 3.05) is 13.2 Å². The summed E-state index contributed by atoms with van der Waals surface area (Å²) in [5.41, 5.74) is 3.77. The average Bonchev–Trinajstić information content (AvgIpc) is 3.70. The number of hydrogen-bond donors (Lipinski definition) is 1. The van der Waals surface area contributed by atoms with Gasteiger partial charge in [0.25, 0.3) is 0 Å². The Bertz CT molecular complexity index is 1100. The summed E-state index contributed by atoms with van der Waals surface area (Å²) in [6, 6.07) is 12.1. The Morgan fingerprint density at radius 2 is 1.14 bits per heavy atom. The Labute approximate surface area is 225 Å². The molecule has 6 nitrogen and oxygen atoms in total. The summed E-state index contributed by atoms with van der Waals surface area (Å²) in [5.74, 6) is 1.49. The van der Waals surface area contributed by atoms with Crippen molar-refractivity contribution >= 4 is 11.8 Å². The molecule has 2 fully saturated rings. The predicted octanol–water partition coefficient (Wildman–Crippen LogP) is 2.28. The molecule has 0 atom stereocenters. The number of fused-ring (bicyclic) bond motifs is 2. The largest absolute Gasteiger partial charge is 1.00 e. The maximum Gasteiger partial charge on any atom is 1.00 e. The maximum atomic E-state index is 11.8. The summed E-state index contributed by atoms with van der Waals surface area (Å²) >= 11 is 0. The van der Waals surface area contributed by atoms with Crippen LogP contribution in [0.15, 0.2) is 36.4 Å². The van der Waals surface area contributed by atoms with Gasteiger partial charge in [-0.25, -0.2) is 0 Å². The minimum Gasteiger partial charge on any atom is -0.870 e. The zero-order valence-electron chi connectivity index (χ0n) is 22.2. The normalized spacial score (nSPS) is 21.5. The van der Waals surface area contributed by atoms with Gasteiger partial charge in [0.1, 0.15) is 17.3 Å². The molecule has 2 aliphatic heterocycles. The molecule has 188 valence electrons. The van der Waals surface area contributed by atoms with Gasteiger partial charge < -0.3 is 20.1 Å². The molecule has 2 aromatic carbocycles. The number of carbonyl (C=O) groups excluding carboxylic acids is 1. The molecule has 0 saturated heterocycles. The number of carbonyl (C=O) groups is 2. The first kappa shape index (κ1) is 28.3. The fourth-order valence-electron chi connectivity index (χ4n) is 5.36. The van der Waals surface area contributed by atoms with Crippen LogP contribution in [0.4, 0.5) is 0 Å². The predicted molar refractivity (Wildman–Crippen MR) is 132 cm³/mol. The Morgan fingerprint density at radius 1 is 0.750 bits per heavy atom. The van der Waals surface area contributed by atoms with Crippen molar-refractivity contribution < 1.29 is 48.5 Å². The van der Waals surface area contributed by atoms with Crippen molar-refractivity contribution in [1.29, 1.82) is 0 Å². The van der Waals surface area contributed by atoms with Crippen molar-refractivity contribution in [2.24, 2.45) is 0 Å². The topological polar surface area (TPSA) is 103 Å². The smallest absolute Gasteiger partial charge is 0.870 e. The molecule has 0 aromatic heterocycles. The van der Waals surface area contributed by atoms with E-state index in [0.29, 0.717) is 12.4 Å². The van der Waals surface area contributed by atoms with Gasteiger partial charge in [-0.05, 0) is 55.9 Å². The third-order valence-corrected chi connectivity index (χ3v) is 8.28. The summed E-state index contributed by atoms with van der Waals surface area (Å²) in [7, 11) is 0. The number of hydrogen-bond acceptors (Lipinski definition) is 5. The quantitative estimate of drug-likeness (QED) is 0.666. The number of Topliss-reactive ketones (excluding diaryl/α,β-unsaturated/α-hetero) is 1. The number of ketones is 1. The second kappa shape index (κ2) is 9.24. The number of rotatable bonds is 4. The van der Waals surface area contributed by atoms with Gasteiger partial charge >= 0.3 is 24.8 Å². The molecule has 0 unspecified atom stereocenters. The standard InChI is InChI=1S/C15H18O2.C14H16O3.Li.H2O/c1-10(16)15(6-7-15)11-4-5-13-12(8-11)14(2,3)9-17-13;1-13(2)8-17-11-4-3-9(7-10(11)13)14(5-6-14)12(15)16;;/h4-5,8H,6-7,9H2,1-3H3;3-4,7H,5-6,8H2,1-2H3,(H,15,16);;1H2/q;;+1;/p-1. The van der Waals surface area contributed by atoms with E-state index >= 15 is 0 Å². The van der Waals surface area contributed by atoms with Crippen molar-refractivity contribution in [3.8, 4) is 11.5 Å². The maximum absolute atomic E-state index is 11.8. The fraction of sp³-hybridized carbons (Fsp3) is 0.517. The van der Waals surface area contributed by atoms with E-state index in [0.717, 1.165) is 54.9 Å². The Balaban J connectivity index is 0.000000190. The zero-order chi connectivity index (χ0) is 24.5. The zero-order valence-corrected chi connectivity index (χ0v) is 22.2. The van der Waals surface area contributed by atoms with Gasteiger partial charge in [-0.2, -0.15) is 0 Å². The van der Waals surface area contributed by atoms with Gasteiger partial charge in [-0.15, -0.1) is 0 Å². The van der Waals surface area contributed by atoms with E-state index < -0.39 is 11.4 Å². The monoisotopic (exact) mass is 486 g/mol. The number of carboxylic acids is 1. The summed E-state index contributed by atoms with van der Waals surface area (Å²) < 4.78 is 11.3. The average molecular weight is 487 g/mol. The fourth-order valence-corrected chi connectivity index (χ4v) is 5.36. The molecule has 0 spiro atoms. The van der Waals surface area contributed by atoms with Crippen LogP contribution in [0.5, 0.6) is 11.5 Å². The SMILES string of the molecule is CC(=O)C1(c2ccc3c(c2)C(C)(C)CO3)CC1.CC1(C)COc2ccc(C3(C(=O)O)CC3)cc21.[Li+].[OH-]. The second-order valence-corrected chi connectivity index (χ2v) is 11.8. The van der Waals surface area contributed by atoms with Crippen LogP contribution in [-0.4, -0.2) is 35.5 Å². The van der Waals surface area contributed by atoms with Crippen LogP contribution in [-0.2, 0) is 31.2 Å². The van der Waals surface area contributed by atoms with E-state index in [9.17, 15) is 14.7 Å². The molecule has 7 heteroatoms. The molecule has 2 aliphatic carbocycles. The molecule has 36 heavy (non-hydrogen) atoms. The summed E-state index contributed by atoms with van der Waals surface area (Å²) in [4.78, 5) is 23.1. The van der Waals surface area contributed by atoms with Gasteiger partial charge in [0.2, 0.25) is 0 Å². The van der Waals surface area contributed by atoms with Crippen LogP contribution in [0, 0.1) is 0 Å². The summed E-state index contributed by atoms with van der Waals surface area (Å²) in [6.45, 7) is 11.8. The Hall–Kier alpha value is -2.26. The molecule has 6 rings (SSSR count). The van der Waals surface area contributed by atoms with Gasteiger partial charge in [0, 0.05) is 22.0 Å². The second-order valence-electron chi connectivity index (χ2n) is 11.8. The third-order valence-electron chi connectivity index (χ3n) is 8.28. The van der Waals surface area contributed by atoms with Crippen molar-refractivity contribution in [1.82, 2.24) is 0 Å².